The molecule has 1 amide bonds. The fraction of sp³-hybridized carbons (Fsp3) is 0.200. The minimum Gasteiger partial charge on any atom is -0.492 e. The Balaban J connectivity index is 1.53. The summed E-state index contributed by atoms with van der Waals surface area (Å²) >= 11 is 0. The summed E-state index contributed by atoms with van der Waals surface area (Å²) in [5, 5.41) is 0. The number of carbonyl (C=O) groups excluding carboxylic acids is 2. The highest BCUT2D eigenvalue weighted by Crippen LogP contribution is 2.24. The smallest absolute Gasteiger partial charge is 0.325 e. The van der Waals surface area contributed by atoms with Crippen LogP contribution in [0.4, 0.5) is 0 Å². The fourth-order valence-corrected chi connectivity index (χ4v) is 3.06. The molecule has 3 rings (SSSR count). The van der Waals surface area contributed by atoms with Crippen molar-refractivity contribution in [2.75, 3.05) is 19.7 Å². The van der Waals surface area contributed by atoms with E-state index < -0.39 is 5.97 Å². The molecule has 6 heteroatoms. The number of ether oxygens (including phenoxy) is 2. The predicted octanol–water partition coefficient (Wildman–Crippen LogP) is 3.65. The van der Waals surface area contributed by atoms with Gasteiger partial charge < -0.3 is 20.1 Å². The quantitative estimate of drug-likeness (QED) is 0.424. The topological polar surface area (TPSA) is 81.9 Å². The van der Waals surface area contributed by atoms with Gasteiger partial charge in [0.05, 0.1) is 13.1 Å². The highest BCUT2D eigenvalue weighted by atomic mass is 16.5. The van der Waals surface area contributed by atoms with Gasteiger partial charge in [-0.3, -0.25) is 9.59 Å². The van der Waals surface area contributed by atoms with Crippen LogP contribution >= 0.6 is 0 Å². The number of carbonyl (C=O) groups is 2. The number of hydrogen-bond acceptors (Lipinski definition) is 5. The standard InChI is InChI=1S/C25H26N2O4/c1-19(28)27(18-20-5-3-2-4-6-20)15-16-30-23-11-7-21(8-12-23)22-9-13-24(14-10-22)31-25(29)17-26/h2-14H,15-18,26H2,1H3. The van der Waals surface area contributed by atoms with Crippen LogP contribution in [0, 0.1) is 0 Å². The van der Waals surface area contributed by atoms with E-state index in [1.54, 1.807) is 24.0 Å². The fourth-order valence-electron chi connectivity index (χ4n) is 3.06. The molecule has 0 unspecified atom stereocenters. The zero-order valence-corrected chi connectivity index (χ0v) is 17.5. The molecule has 0 bridgehead atoms. The third-order valence-corrected chi connectivity index (χ3v) is 4.73. The van der Waals surface area contributed by atoms with Crippen LogP contribution in [0.15, 0.2) is 78.9 Å². The van der Waals surface area contributed by atoms with Crippen molar-refractivity contribution in [1.29, 1.82) is 0 Å². The Morgan fingerprint density at radius 1 is 0.839 bits per heavy atom. The van der Waals surface area contributed by atoms with Crippen molar-refractivity contribution in [3.05, 3.63) is 84.4 Å². The Hall–Kier alpha value is -3.64. The molecule has 0 spiro atoms. The van der Waals surface area contributed by atoms with Gasteiger partial charge in [-0.2, -0.15) is 0 Å². The van der Waals surface area contributed by atoms with Crippen molar-refractivity contribution in [2.45, 2.75) is 13.5 Å². The van der Waals surface area contributed by atoms with E-state index in [-0.39, 0.29) is 12.5 Å². The third-order valence-electron chi connectivity index (χ3n) is 4.73. The summed E-state index contributed by atoms with van der Waals surface area (Å²) < 4.78 is 10.9. The molecule has 3 aromatic carbocycles. The summed E-state index contributed by atoms with van der Waals surface area (Å²) in [6.45, 7) is 2.90. The van der Waals surface area contributed by atoms with Gasteiger partial charge in [0.25, 0.3) is 0 Å². The number of nitrogens with zero attached hydrogens (tertiary/aromatic N) is 1. The average Bonchev–Trinajstić information content (AvgIpc) is 2.80. The first-order valence-corrected chi connectivity index (χ1v) is 10.1. The van der Waals surface area contributed by atoms with Crippen LogP contribution in [0.5, 0.6) is 11.5 Å². The monoisotopic (exact) mass is 418 g/mol. The van der Waals surface area contributed by atoms with E-state index >= 15 is 0 Å². The van der Waals surface area contributed by atoms with Crippen molar-refractivity contribution in [3.63, 3.8) is 0 Å². The molecule has 31 heavy (non-hydrogen) atoms. The maximum atomic E-state index is 11.9. The van der Waals surface area contributed by atoms with E-state index in [9.17, 15) is 9.59 Å². The highest BCUT2D eigenvalue weighted by Gasteiger charge is 2.10. The molecule has 0 aliphatic rings. The van der Waals surface area contributed by atoms with Crippen molar-refractivity contribution in [1.82, 2.24) is 4.90 Å². The van der Waals surface area contributed by atoms with Gasteiger partial charge in [0, 0.05) is 13.5 Å². The van der Waals surface area contributed by atoms with E-state index in [2.05, 4.69) is 0 Å². The van der Waals surface area contributed by atoms with Gasteiger partial charge >= 0.3 is 5.97 Å². The lowest BCUT2D eigenvalue weighted by molar-refractivity contribution is -0.133. The molecule has 6 nitrogen and oxygen atoms in total. The number of rotatable bonds is 9. The Morgan fingerprint density at radius 2 is 1.42 bits per heavy atom. The van der Waals surface area contributed by atoms with E-state index in [0.29, 0.717) is 25.4 Å². The molecule has 0 aromatic heterocycles. The van der Waals surface area contributed by atoms with Gasteiger partial charge in [-0.15, -0.1) is 0 Å². The maximum absolute atomic E-state index is 11.9. The summed E-state index contributed by atoms with van der Waals surface area (Å²) in [7, 11) is 0. The molecular weight excluding hydrogens is 392 g/mol. The molecule has 0 fully saturated rings. The second-order valence-corrected chi connectivity index (χ2v) is 7.00. The summed E-state index contributed by atoms with van der Waals surface area (Å²) in [5.74, 6) is 0.745. The number of benzene rings is 3. The van der Waals surface area contributed by atoms with Gasteiger partial charge in [-0.25, -0.2) is 0 Å². The lowest BCUT2D eigenvalue weighted by Gasteiger charge is -2.21. The summed E-state index contributed by atoms with van der Waals surface area (Å²) in [4.78, 5) is 24.9. The van der Waals surface area contributed by atoms with Gasteiger partial charge in [0.15, 0.2) is 0 Å². The van der Waals surface area contributed by atoms with Crippen LogP contribution in [0.2, 0.25) is 0 Å². The maximum Gasteiger partial charge on any atom is 0.325 e. The van der Waals surface area contributed by atoms with Gasteiger partial charge in [0.2, 0.25) is 5.91 Å². The summed E-state index contributed by atoms with van der Waals surface area (Å²) in [5.41, 5.74) is 8.34. The molecule has 3 aromatic rings. The van der Waals surface area contributed by atoms with Crippen LogP contribution in [0.3, 0.4) is 0 Å². The minimum absolute atomic E-state index is 0.0170. The highest BCUT2D eigenvalue weighted by molar-refractivity contribution is 5.74. The molecule has 0 radical (unpaired) electrons. The van der Waals surface area contributed by atoms with Gasteiger partial charge in [0.1, 0.15) is 18.1 Å². The predicted molar refractivity (Wildman–Crippen MR) is 120 cm³/mol. The van der Waals surface area contributed by atoms with Crippen LogP contribution in [0.25, 0.3) is 11.1 Å². The van der Waals surface area contributed by atoms with Crippen LogP contribution in [-0.2, 0) is 16.1 Å². The average molecular weight is 418 g/mol. The molecule has 0 saturated heterocycles. The number of amides is 1. The van der Waals surface area contributed by atoms with E-state index in [0.717, 1.165) is 22.4 Å². The second-order valence-electron chi connectivity index (χ2n) is 7.00. The molecular formula is C25H26N2O4. The molecule has 0 aliphatic carbocycles. The molecule has 0 heterocycles. The first-order valence-electron chi connectivity index (χ1n) is 10.1. The first kappa shape index (κ1) is 22.1. The Bertz CT molecular complexity index is 986. The van der Waals surface area contributed by atoms with E-state index in [1.165, 1.54) is 0 Å². The zero-order chi connectivity index (χ0) is 22.1. The van der Waals surface area contributed by atoms with Crippen molar-refractivity contribution < 1.29 is 19.1 Å². The Labute approximate surface area is 182 Å². The van der Waals surface area contributed by atoms with Gasteiger partial charge in [-0.1, -0.05) is 54.6 Å². The zero-order valence-electron chi connectivity index (χ0n) is 17.5. The molecule has 160 valence electrons. The SMILES string of the molecule is CC(=O)N(CCOc1ccc(-c2ccc(OC(=O)CN)cc2)cc1)Cc1ccccc1. The number of hydrogen-bond donors (Lipinski definition) is 1. The Kier molecular flexibility index (Phi) is 7.79. The molecule has 2 N–H and O–H groups in total. The third kappa shape index (κ3) is 6.69. The summed E-state index contributed by atoms with van der Waals surface area (Å²) in [6.07, 6.45) is 0. The summed E-state index contributed by atoms with van der Waals surface area (Å²) in [6, 6.07) is 24.8. The molecule has 0 aliphatic heterocycles. The van der Waals surface area contributed by atoms with Crippen LogP contribution in [-0.4, -0.2) is 36.5 Å². The van der Waals surface area contributed by atoms with Crippen molar-refractivity contribution in [3.8, 4) is 22.6 Å². The lowest BCUT2D eigenvalue weighted by Crippen LogP contribution is -2.32. The second kappa shape index (κ2) is 10.9. The Morgan fingerprint density at radius 3 is 1.97 bits per heavy atom. The number of esters is 1. The minimum atomic E-state index is -0.471. The van der Waals surface area contributed by atoms with Crippen molar-refractivity contribution >= 4 is 11.9 Å². The van der Waals surface area contributed by atoms with E-state index in [4.69, 9.17) is 15.2 Å². The number of nitrogens with two attached hydrogens (primary N) is 1. The van der Waals surface area contributed by atoms with E-state index in [1.807, 2.05) is 66.7 Å². The molecule has 0 atom stereocenters. The largest absolute Gasteiger partial charge is 0.492 e. The van der Waals surface area contributed by atoms with Crippen LogP contribution in [0.1, 0.15) is 12.5 Å². The van der Waals surface area contributed by atoms with Gasteiger partial charge in [-0.05, 0) is 41.0 Å². The molecule has 0 saturated carbocycles. The normalized spacial score (nSPS) is 10.4. The first-order chi connectivity index (χ1) is 15.0. The van der Waals surface area contributed by atoms with Crippen molar-refractivity contribution in [2.24, 2.45) is 5.73 Å². The van der Waals surface area contributed by atoms with Crippen LogP contribution < -0.4 is 15.2 Å². The lowest BCUT2D eigenvalue weighted by atomic mass is 10.1.